The standard InChI is InChI=1S/C9H15ClN2O2/c10-5-9(14)12(6-8(11)13)7-3-1-2-4-7/h7H,1-6H2,(H2,11,13). The average molecular weight is 219 g/mol. The summed E-state index contributed by atoms with van der Waals surface area (Å²) in [5.41, 5.74) is 5.08. The second kappa shape index (κ2) is 5.20. The normalized spacial score (nSPS) is 16.9. The molecule has 1 saturated carbocycles. The van der Waals surface area contributed by atoms with Gasteiger partial charge in [-0.15, -0.1) is 11.6 Å². The Morgan fingerprint density at radius 2 is 1.93 bits per heavy atom. The lowest BCUT2D eigenvalue weighted by Crippen LogP contribution is -2.44. The highest BCUT2D eigenvalue weighted by Gasteiger charge is 2.26. The van der Waals surface area contributed by atoms with E-state index in [1.807, 2.05) is 0 Å². The third-order valence-corrected chi connectivity index (χ3v) is 2.75. The lowest BCUT2D eigenvalue weighted by atomic mass is 10.2. The number of halogens is 1. The minimum Gasteiger partial charge on any atom is -0.368 e. The van der Waals surface area contributed by atoms with E-state index in [-0.39, 0.29) is 24.4 Å². The number of nitrogens with two attached hydrogens (primary N) is 1. The van der Waals surface area contributed by atoms with Gasteiger partial charge >= 0.3 is 0 Å². The monoisotopic (exact) mass is 218 g/mol. The molecule has 0 spiro atoms. The van der Waals surface area contributed by atoms with E-state index in [1.165, 1.54) is 4.90 Å². The summed E-state index contributed by atoms with van der Waals surface area (Å²) < 4.78 is 0. The molecule has 2 N–H and O–H groups in total. The summed E-state index contributed by atoms with van der Waals surface area (Å²) in [6.07, 6.45) is 4.12. The Balaban J connectivity index is 2.59. The second-order valence-corrected chi connectivity index (χ2v) is 3.83. The van der Waals surface area contributed by atoms with Crippen LogP contribution in [0.1, 0.15) is 25.7 Å². The predicted octanol–water partition coefficient (Wildman–Crippen LogP) is 0.482. The van der Waals surface area contributed by atoms with Crippen molar-refractivity contribution in [2.75, 3.05) is 12.4 Å². The molecule has 0 aromatic carbocycles. The SMILES string of the molecule is NC(=O)CN(C(=O)CCl)C1CCCC1. The number of amides is 2. The predicted molar refractivity (Wildman–Crippen MR) is 53.9 cm³/mol. The Morgan fingerprint density at radius 3 is 2.36 bits per heavy atom. The molecule has 0 heterocycles. The van der Waals surface area contributed by atoms with Crippen molar-refractivity contribution in [1.82, 2.24) is 4.90 Å². The van der Waals surface area contributed by atoms with Gasteiger partial charge in [0.05, 0.1) is 6.54 Å². The van der Waals surface area contributed by atoms with Gasteiger partial charge in [0.25, 0.3) is 0 Å². The highest BCUT2D eigenvalue weighted by atomic mass is 35.5. The van der Waals surface area contributed by atoms with Gasteiger partial charge in [-0.3, -0.25) is 9.59 Å². The third kappa shape index (κ3) is 2.87. The fourth-order valence-electron chi connectivity index (χ4n) is 1.88. The molecule has 4 nitrogen and oxygen atoms in total. The van der Waals surface area contributed by atoms with E-state index >= 15 is 0 Å². The zero-order valence-electron chi connectivity index (χ0n) is 8.04. The first kappa shape index (κ1) is 11.3. The summed E-state index contributed by atoms with van der Waals surface area (Å²) in [6.45, 7) is -0.00375. The highest BCUT2D eigenvalue weighted by molar-refractivity contribution is 6.27. The molecule has 0 saturated heterocycles. The summed E-state index contributed by atoms with van der Waals surface area (Å²) in [4.78, 5) is 23.7. The van der Waals surface area contributed by atoms with Crippen LogP contribution >= 0.6 is 11.6 Å². The fourth-order valence-corrected chi connectivity index (χ4v) is 2.04. The van der Waals surface area contributed by atoms with Crippen LogP contribution in [-0.2, 0) is 9.59 Å². The van der Waals surface area contributed by atoms with Crippen LogP contribution in [0.5, 0.6) is 0 Å². The minimum absolute atomic E-state index is 0.00375. The molecule has 0 aromatic heterocycles. The first-order chi connectivity index (χ1) is 6.65. The Kier molecular flexibility index (Phi) is 4.20. The molecule has 0 atom stereocenters. The number of alkyl halides is 1. The molecule has 0 unspecified atom stereocenters. The number of carbonyl (C=O) groups is 2. The zero-order valence-corrected chi connectivity index (χ0v) is 8.79. The van der Waals surface area contributed by atoms with Crippen LogP contribution in [0.4, 0.5) is 0 Å². The Labute approximate surface area is 88.4 Å². The van der Waals surface area contributed by atoms with E-state index in [4.69, 9.17) is 17.3 Å². The molecule has 1 aliphatic rings. The van der Waals surface area contributed by atoms with E-state index in [0.29, 0.717) is 0 Å². The van der Waals surface area contributed by atoms with Crippen LogP contribution in [0.3, 0.4) is 0 Å². The average Bonchev–Trinajstić information content (AvgIpc) is 2.65. The highest BCUT2D eigenvalue weighted by Crippen LogP contribution is 2.23. The molecule has 1 fully saturated rings. The number of primary amides is 1. The van der Waals surface area contributed by atoms with Crippen molar-refractivity contribution in [3.8, 4) is 0 Å². The molecule has 1 aliphatic carbocycles. The van der Waals surface area contributed by atoms with Crippen LogP contribution in [0.25, 0.3) is 0 Å². The number of rotatable bonds is 4. The summed E-state index contributed by atoms with van der Waals surface area (Å²) in [5.74, 6) is -0.753. The minimum atomic E-state index is -0.477. The fraction of sp³-hybridized carbons (Fsp3) is 0.778. The van der Waals surface area contributed by atoms with Gasteiger partial charge in [0.1, 0.15) is 5.88 Å². The molecular formula is C9H15ClN2O2. The molecule has 0 aliphatic heterocycles. The van der Waals surface area contributed by atoms with Gasteiger partial charge in [-0.25, -0.2) is 0 Å². The van der Waals surface area contributed by atoms with Crippen molar-refractivity contribution in [2.45, 2.75) is 31.7 Å². The summed E-state index contributed by atoms with van der Waals surface area (Å²) in [7, 11) is 0. The van der Waals surface area contributed by atoms with E-state index in [0.717, 1.165) is 25.7 Å². The molecule has 0 bridgehead atoms. The topological polar surface area (TPSA) is 63.4 Å². The van der Waals surface area contributed by atoms with E-state index in [9.17, 15) is 9.59 Å². The van der Waals surface area contributed by atoms with Gasteiger partial charge in [0.2, 0.25) is 11.8 Å². The van der Waals surface area contributed by atoms with Gasteiger partial charge < -0.3 is 10.6 Å². The maximum atomic E-state index is 11.4. The first-order valence-corrected chi connectivity index (χ1v) is 5.32. The number of hydrogen-bond donors (Lipinski definition) is 1. The zero-order chi connectivity index (χ0) is 10.6. The third-order valence-electron chi connectivity index (χ3n) is 2.53. The van der Waals surface area contributed by atoms with E-state index < -0.39 is 5.91 Å². The molecule has 1 rings (SSSR count). The van der Waals surface area contributed by atoms with Crippen molar-refractivity contribution in [2.24, 2.45) is 5.73 Å². The molecule has 2 amide bonds. The Hall–Kier alpha value is -0.770. The van der Waals surface area contributed by atoms with Crippen molar-refractivity contribution in [3.63, 3.8) is 0 Å². The lowest BCUT2D eigenvalue weighted by Gasteiger charge is -2.26. The summed E-state index contributed by atoms with van der Waals surface area (Å²) >= 11 is 5.47. The molecule has 5 heteroatoms. The summed E-state index contributed by atoms with van der Waals surface area (Å²) in [6, 6.07) is 0.161. The Bertz CT molecular complexity index is 227. The van der Waals surface area contributed by atoms with Crippen molar-refractivity contribution in [1.29, 1.82) is 0 Å². The largest absolute Gasteiger partial charge is 0.368 e. The van der Waals surface area contributed by atoms with Gasteiger partial charge in [-0.2, -0.15) is 0 Å². The quantitative estimate of drug-likeness (QED) is 0.698. The lowest BCUT2D eigenvalue weighted by molar-refractivity contribution is -0.135. The first-order valence-electron chi connectivity index (χ1n) is 4.79. The smallest absolute Gasteiger partial charge is 0.238 e. The molecule has 0 aromatic rings. The van der Waals surface area contributed by atoms with Crippen LogP contribution in [0.15, 0.2) is 0 Å². The van der Waals surface area contributed by atoms with Crippen LogP contribution in [0.2, 0.25) is 0 Å². The van der Waals surface area contributed by atoms with Gasteiger partial charge in [-0.05, 0) is 12.8 Å². The van der Waals surface area contributed by atoms with Gasteiger partial charge in [-0.1, -0.05) is 12.8 Å². The maximum Gasteiger partial charge on any atom is 0.238 e. The maximum absolute atomic E-state index is 11.4. The molecule has 14 heavy (non-hydrogen) atoms. The molecular weight excluding hydrogens is 204 g/mol. The second-order valence-electron chi connectivity index (χ2n) is 3.56. The number of carbonyl (C=O) groups excluding carboxylic acids is 2. The van der Waals surface area contributed by atoms with E-state index in [2.05, 4.69) is 0 Å². The number of hydrogen-bond acceptors (Lipinski definition) is 2. The van der Waals surface area contributed by atoms with Crippen molar-refractivity contribution < 1.29 is 9.59 Å². The number of nitrogens with zero attached hydrogens (tertiary/aromatic N) is 1. The van der Waals surface area contributed by atoms with Crippen molar-refractivity contribution in [3.05, 3.63) is 0 Å². The Morgan fingerprint density at radius 1 is 1.36 bits per heavy atom. The van der Waals surface area contributed by atoms with E-state index in [1.54, 1.807) is 0 Å². The van der Waals surface area contributed by atoms with Crippen LogP contribution in [-0.4, -0.2) is 35.2 Å². The van der Waals surface area contributed by atoms with Crippen LogP contribution in [0, 0.1) is 0 Å². The molecule has 0 radical (unpaired) electrons. The molecule has 80 valence electrons. The van der Waals surface area contributed by atoms with Crippen LogP contribution < -0.4 is 5.73 Å². The summed E-state index contributed by atoms with van der Waals surface area (Å²) in [5, 5.41) is 0. The van der Waals surface area contributed by atoms with Gasteiger partial charge in [0.15, 0.2) is 0 Å². The van der Waals surface area contributed by atoms with Crippen molar-refractivity contribution >= 4 is 23.4 Å². The van der Waals surface area contributed by atoms with Gasteiger partial charge in [0, 0.05) is 6.04 Å².